The molecule has 0 aliphatic rings. The average Bonchev–Trinajstić information content (AvgIpc) is 2.20. The third kappa shape index (κ3) is 9.77. The van der Waals surface area contributed by atoms with E-state index in [0.717, 1.165) is 13.1 Å². The van der Waals surface area contributed by atoms with Crippen LogP contribution in [0.2, 0.25) is 0 Å². The van der Waals surface area contributed by atoms with Gasteiger partial charge in [0.2, 0.25) is 0 Å². The summed E-state index contributed by atoms with van der Waals surface area (Å²) in [5.41, 5.74) is -0.766. The van der Waals surface area contributed by atoms with Gasteiger partial charge in [-0.15, -0.1) is 0 Å². The van der Waals surface area contributed by atoms with Crippen molar-refractivity contribution in [3.05, 3.63) is 0 Å². The molecule has 0 saturated carbocycles. The highest BCUT2D eigenvalue weighted by atomic mass is 16.6. The first-order chi connectivity index (χ1) is 8.59. The molecule has 1 amide bonds. The summed E-state index contributed by atoms with van der Waals surface area (Å²) < 4.78 is 5.27. The second kappa shape index (κ2) is 7.73. The highest BCUT2D eigenvalue weighted by molar-refractivity contribution is 5.68. The monoisotopic (exact) mass is 272 g/mol. The van der Waals surface area contributed by atoms with Gasteiger partial charge in [0.05, 0.1) is 5.54 Å². The minimum absolute atomic E-state index is 0.311. The van der Waals surface area contributed by atoms with Crippen LogP contribution in [0.25, 0.3) is 0 Å². The van der Waals surface area contributed by atoms with E-state index in [-0.39, 0.29) is 11.6 Å². The van der Waals surface area contributed by atoms with Gasteiger partial charge in [-0.2, -0.15) is 0 Å². The van der Waals surface area contributed by atoms with Gasteiger partial charge in [0.15, 0.2) is 0 Å². The zero-order chi connectivity index (χ0) is 15.1. The molecule has 114 valence electrons. The fraction of sp³-hybridized carbons (Fsp3) is 0.933. The number of amides is 1. The number of rotatable bonds is 7. The zero-order valence-corrected chi connectivity index (χ0v) is 13.7. The van der Waals surface area contributed by atoms with Crippen LogP contribution in [0.3, 0.4) is 0 Å². The van der Waals surface area contributed by atoms with Crippen molar-refractivity contribution in [2.24, 2.45) is 5.92 Å². The van der Waals surface area contributed by atoms with Crippen molar-refractivity contribution >= 4 is 6.09 Å². The Morgan fingerprint density at radius 1 is 1.11 bits per heavy atom. The van der Waals surface area contributed by atoms with Crippen LogP contribution in [0, 0.1) is 5.92 Å². The van der Waals surface area contributed by atoms with E-state index in [0.29, 0.717) is 5.92 Å². The van der Waals surface area contributed by atoms with Crippen LogP contribution in [-0.4, -0.2) is 30.3 Å². The molecule has 0 spiro atoms. The highest BCUT2D eigenvalue weighted by Gasteiger charge is 2.24. The molecule has 2 N–H and O–H groups in total. The minimum atomic E-state index is -0.455. The maximum atomic E-state index is 11.7. The van der Waals surface area contributed by atoms with Crippen molar-refractivity contribution in [2.45, 2.75) is 72.4 Å². The van der Waals surface area contributed by atoms with Crippen LogP contribution in [0.4, 0.5) is 4.79 Å². The molecule has 0 aromatic carbocycles. The Kier molecular flexibility index (Phi) is 7.42. The van der Waals surface area contributed by atoms with Crippen LogP contribution < -0.4 is 10.6 Å². The molecule has 0 radical (unpaired) electrons. The van der Waals surface area contributed by atoms with Gasteiger partial charge in [0.25, 0.3) is 0 Å². The smallest absolute Gasteiger partial charge is 0.408 e. The third-order valence-corrected chi connectivity index (χ3v) is 2.99. The molecule has 0 atom stereocenters. The standard InChI is InChI=1S/C15H32N2O2/c1-8-12(9-2)10-16-11-15(6,7)17-13(18)19-14(3,4)5/h12,16H,8-11H2,1-7H3,(H,17,18). The topological polar surface area (TPSA) is 50.4 Å². The summed E-state index contributed by atoms with van der Waals surface area (Å²) in [5.74, 6) is 0.706. The number of nitrogens with one attached hydrogen (secondary N) is 2. The Morgan fingerprint density at radius 3 is 2.05 bits per heavy atom. The molecule has 0 bridgehead atoms. The number of ether oxygens (including phenoxy) is 1. The Balaban J connectivity index is 4.07. The lowest BCUT2D eigenvalue weighted by molar-refractivity contribution is 0.0471. The summed E-state index contributed by atoms with van der Waals surface area (Å²) in [4.78, 5) is 11.7. The molecule has 0 aromatic rings. The molecule has 0 rings (SSSR count). The predicted octanol–water partition coefficient (Wildman–Crippen LogP) is 3.32. The van der Waals surface area contributed by atoms with Crippen molar-refractivity contribution in [1.29, 1.82) is 0 Å². The molecular weight excluding hydrogens is 240 g/mol. The first kappa shape index (κ1) is 18.2. The molecule has 0 aromatic heterocycles. The normalized spacial score (nSPS) is 12.6. The molecule has 0 aliphatic carbocycles. The lowest BCUT2D eigenvalue weighted by atomic mass is 10.0. The van der Waals surface area contributed by atoms with E-state index in [1.807, 2.05) is 34.6 Å². The lowest BCUT2D eigenvalue weighted by Crippen LogP contribution is -2.52. The SMILES string of the molecule is CCC(CC)CNCC(C)(C)NC(=O)OC(C)(C)C. The summed E-state index contributed by atoms with van der Waals surface area (Å²) in [6.07, 6.45) is 2.01. The van der Waals surface area contributed by atoms with E-state index in [4.69, 9.17) is 4.74 Å². The number of carbonyl (C=O) groups excluding carboxylic acids is 1. The zero-order valence-electron chi connectivity index (χ0n) is 13.7. The van der Waals surface area contributed by atoms with Gasteiger partial charge in [-0.05, 0) is 47.1 Å². The van der Waals surface area contributed by atoms with Crippen LogP contribution >= 0.6 is 0 Å². The van der Waals surface area contributed by atoms with Crippen molar-refractivity contribution in [3.8, 4) is 0 Å². The molecule has 0 saturated heterocycles. The first-order valence-corrected chi connectivity index (χ1v) is 7.31. The minimum Gasteiger partial charge on any atom is -0.444 e. The van der Waals surface area contributed by atoms with Crippen LogP contribution in [0.5, 0.6) is 0 Å². The summed E-state index contributed by atoms with van der Waals surface area (Å²) in [5, 5.41) is 6.32. The Bertz CT molecular complexity index is 266. The van der Waals surface area contributed by atoms with Crippen LogP contribution in [0.1, 0.15) is 61.3 Å². The predicted molar refractivity (Wildman–Crippen MR) is 80.4 cm³/mol. The molecule has 4 nitrogen and oxygen atoms in total. The van der Waals surface area contributed by atoms with Crippen molar-refractivity contribution in [1.82, 2.24) is 10.6 Å². The number of hydrogen-bond donors (Lipinski definition) is 2. The van der Waals surface area contributed by atoms with E-state index in [1.54, 1.807) is 0 Å². The number of hydrogen-bond acceptors (Lipinski definition) is 3. The summed E-state index contributed by atoms with van der Waals surface area (Å²) in [6.45, 7) is 15.7. The van der Waals surface area contributed by atoms with E-state index in [9.17, 15) is 4.79 Å². The second-order valence-corrected chi connectivity index (χ2v) is 6.82. The second-order valence-electron chi connectivity index (χ2n) is 6.82. The highest BCUT2D eigenvalue weighted by Crippen LogP contribution is 2.10. The fourth-order valence-electron chi connectivity index (χ4n) is 1.79. The lowest BCUT2D eigenvalue weighted by Gasteiger charge is -2.29. The first-order valence-electron chi connectivity index (χ1n) is 7.31. The van der Waals surface area contributed by atoms with Crippen molar-refractivity contribution in [3.63, 3.8) is 0 Å². The van der Waals surface area contributed by atoms with E-state index < -0.39 is 5.60 Å². The maximum Gasteiger partial charge on any atom is 0.408 e. The van der Waals surface area contributed by atoms with E-state index in [2.05, 4.69) is 24.5 Å². The van der Waals surface area contributed by atoms with Gasteiger partial charge >= 0.3 is 6.09 Å². The molecular formula is C15H32N2O2. The number of alkyl carbamates (subject to hydrolysis) is 1. The van der Waals surface area contributed by atoms with Gasteiger partial charge in [-0.1, -0.05) is 26.7 Å². The largest absolute Gasteiger partial charge is 0.444 e. The van der Waals surface area contributed by atoms with E-state index >= 15 is 0 Å². The summed E-state index contributed by atoms with van der Waals surface area (Å²) >= 11 is 0. The van der Waals surface area contributed by atoms with Crippen molar-refractivity contribution in [2.75, 3.05) is 13.1 Å². The summed E-state index contributed by atoms with van der Waals surface area (Å²) in [7, 11) is 0. The molecule has 4 heteroatoms. The van der Waals surface area contributed by atoms with Gasteiger partial charge in [-0.25, -0.2) is 4.79 Å². The molecule has 0 fully saturated rings. The molecule has 19 heavy (non-hydrogen) atoms. The summed E-state index contributed by atoms with van der Waals surface area (Å²) in [6, 6.07) is 0. The third-order valence-electron chi connectivity index (χ3n) is 2.99. The van der Waals surface area contributed by atoms with Crippen LogP contribution in [-0.2, 0) is 4.74 Å². The Morgan fingerprint density at radius 2 is 1.63 bits per heavy atom. The van der Waals surface area contributed by atoms with E-state index in [1.165, 1.54) is 12.8 Å². The Hall–Kier alpha value is -0.770. The van der Waals surface area contributed by atoms with Crippen LogP contribution in [0.15, 0.2) is 0 Å². The van der Waals surface area contributed by atoms with Gasteiger partial charge < -0.3 is 15.4 Å². The fourth-order valence-corrected chi connectivity index (χ4v) is 1.79. The Labute approximate surface area is 118 Å². The quantitative estimate of drug-likeness (QED) is 0.747. The maximum absolute atomic E-state index is 11.7. The molecule has 0 aliphatic heterocycles. The number of carbonyl (C=O) groups is 1. The molecule has 0 heterocycles. The van der Waals surface area contributed by atoms with Crippen molar-refractivity contribution < 1.29 is 9.53 Å². The average molecular weight is 272 g/mol. The molecule has 0 unspecified atom stereocenters. The van der Waals surface area contributed by atoms with Gasteiger partial charge in [0.1, 0.15) is 5.60 Å². The van der Waals surface area contributed by atoms with Gasteiger partial charge in [0, 0.05) is 6.54 Å². The van der Waals surface area contributed by atoms with Gasteiger partial charge in [-0.3, -0.25) is 0 Å².